The summed E-state index contributed by atoms with van der Waals surface area (Å²) in [5.74, 6) is 1.03. The Morgan fingerprint density at radius 3 is 2.90 bits per heavy atom. The molecule has 1 saturated heterocycles. The van der Waals surface area contributed by atoms with Gasteiger partial charge in [-0.1, -0.05) is 24.1 Å². The predicted molar refractivity (Wildman–Crippen MR) is 85.6 cm³/mol. The third-order valence-corrected chi connectivity index (χ3v) is 5.27. The van der Waals surface area contributed by atoms with Crippen molar-refractivity contribution in [2.75, 3.05) is 18.4 Å². The van der Waals surface area contributed by atoms with Gasteiger partial charge < -0.3 is 16.0 Å². The lowest BCUT2D eigenvalue weighted by molar-refractivity contribution is 0.219. The Hall–Kier alpha value is -1.26. The number of nitrogens with zero attached hydrogens (tertiary/aromatic N) is 1. The minimum atomic E-state index is -0.0449. The molecule has 1 aliphatic carbocycles. The number of amides is 2. The van der Waals surface area contributed by atoms with Crippen LogP contribution in [0.3, 0.4) is 0 Å². The Balaban J connectivity index is 1.65. The summed E-state index contributed by atoms with van der Waals surface area (Å²) in [6.07, 6.45) is 3.47. The average molecular weight is 308 g/mol. The second kappa shape index (κ2) is 5.85. The first-order chi connectivity index (χ1) is 10.0. The van der Waals surface area contributed by atoms with Gasteiger partial charge in [0.1, 0.15) is 0 Å². The zero-order chi connectivity index (χ0) is 15.0. The summed E-state index contributed by atoms with van der Waals surface area (Å²) in [5, 5.41) is 3.61. The average Bonchev–Trinajstić information content (AvgIpc) is 2.89. The second-order valence-corrected chi connectivity index (χ2v) is 6.72. The molecule has 3 unspecified atom stereocenters. The molecule has 0 aromatic heterocycles. The van der Waals surface area contributed by atoms with Crippen molar-refractivity contribution in [3.63, 3.8) is 0 Å². The van der Waals surface area contributed by atoms with Crippen LogP contribution in [0.4, 0.5) is 10.5 Å². The van der Waals surface area contributed by atoms with Crippen LogP contribution >= 0.6 is 11.6 Å². The van der Waals surface area contributed by atoms with Gasteiger partial charge in [-0.25, -0.2) is 4.79 Å². The van der Waals surface area contributed by atoms with E-state index in [1.54, 1.807) is 6.07 Å². The molecule has 2 fully saturated rings. The smallest absolute Gasteiger partial charge is 0.321 e. The molecule has 1 aliphatic heterocycles. The molecule has 0 radical (unpaired) electrons. The normalized spacial score (nSPS) is 28.3. The number of hydrogen-bond donors (Lipinski definition) is 2. The van der Waals surface area contributed by atoms with Crippen LogP contribution in [0.15, 0.2) is 18.2 Å². The van der Waals surface area contributed by atoms with Gasteiger partial charge >= 0.3 is 6.03 Å². The van der Waals surface area contributed by atoms with Crippen molar-refractivity contribution in [3.8, 4) is 0 Å². The topological polar surface area (TPSA) is 58.4 Å². The minimum absolute atomic E-state index is 0.0449. The van der Waals surface area contributed by atoms with Crippen molar-refractivity contribution < 1.29 is 4.79 Å². The van der Waals surface area contributed by atoms with E-state index in [0.29, 0.717) is 16.9 Å². The molecule has 1 heterocycles. The monoisotopic (exact) mass is 307 g/mol. The highest BCUT2D eigenvalue weighted by atomic mass is 35.5. The van der Waals surface area contributed by atoms with Gasteiger partial charge in [-0.2, -0.15) is 0 Å². The number of fused-ring (bicyclic) bond motifs is 1. The first-order valence-electron chi connectivity index (χ1n) is 7.62. The molecule has 1 aromatic rings. The Morgan fingerprint density at radius 2 is 2.19 bits per heavy atom. The standard InChI is InChI=1S/C16H22ClN3O/c1-10-5-6-12(7-14(10)17)19-16(21)20-8-11-3-2-4-15(18)13(11)9-20/h5-7,11,13,15H,2-4,8-9,18H2,1H3,(H,19,21). The fourth-order valence-electron chi connectivity index (χ4n) is 3.56. The summed E-state index contributed by atoms with van der Waals surface area (Å²) in [5.41, 5.74) is 7.95. The summed E-state index contributed by atoms with van der Waals surface area (Å²) in [6.45, 7) is 3.54. The van der Waals surface area contributed by atoms with Gasteiger partial charge in [0.15, 0.2) is 0 Å². The number of nitrogens with one attached hydrogen (secondary N) is 1. The number of halogens is 1. The lowest BCUT2D eigenvalue weighted by atomic mass is 9.78. The largest absolute Gasteiger partial charge is 0.327 e. The molecule has 3 rings (SSSR count). The maximum atomic E-state index is 12.4. The molecular weight excluding hydrogens is 286 g/mol. The molecule has 3 N–H and O–H groups in total. The summed E-state index contributed by atoms with van der Waals surface area (Å²) >= 11 is 6.09. The van der Waals surface area contributed by atoms with Crippen molar-refractivity contribution in [1.82, 2.24) is 4.90 Å². The van der Waals surface area contributed by atoms with E-state index >= 15 is 0 Å². The summed E-state index contributed by atoms with van der Waals surface area (Å²) in [7, 11) is 0. The van der Waals surface area contributed by atoms with Crippen molar-refractivity contribution in [1.29, 1.82) is 0 Å². The fraction of sp³-hybridized carbons (Fsp3) is 0.562. The molecule has 21 heavy (non-hydrogen) atoms. The molecule has 1 saturated carbocycles. The Labute approximate surface area is 130 Å². The molecular formula is C16H22ClN3O. The van der Waals surface area contributed by atoms with E-state index in [0.717, 1.165) is 30.8 Å². The van der Waals surface area contributed by atoms with Crippen molar-refractivity contribution in [3.05, 3.63) is 28.8 Å². The van der Waals surface area contributed by atoms with Crippen LogP contribution in [-0.4, -0.2) is 30.1 Å². The molecule has 114 valence electrons. The SMILES string of the molecule is Cc1ccc(NC(=O)N2CC3CCCC(N)C3C2)cc1Cl. The molecule has 4 nitrogen and oxygen atoms in total. The highest BCUT2D eigenvalue weighted by Crippen LogP contribution is 2.35. The van der Waals surface area contributed by atoms with E-state index in [4.69, 9.17) is 17.3 Å². The van der Waals surface area contributed by atoms with E-state index in [-0.39, 0.29) is 12.1 Å². The van der Waals surface area contributed by atoms with Crippen LogP contribution in [-0.2, 0) is 0 Å². The van der Waals surface area contributed by atoms with Gasteiger partial charge in [0.05, 0.1) is 0 Å². The lowest BCUT2D eigenvalue weighted by Gasteiger charge is -2.29. The number of hydrogen-bond acceptors (Lipinski definition) is 2. The third-order valence-electron chi connectivity index (χ3n) is 4.86. The van der Waals surface area contributed by atoms with Crippen LogP contribution < -0.4 is 11.1 Å². The van der Waals surface area contributed by atoms with Crippen LogP contribution in [0, 0.1) is 18.8 Å². The van der Waals surface area contributed by atoms with Crippen molar-refractivity contribution in [2.24, 2.45) is 17.6 Å². The van der Waals surface area contributed by atoms with Crippen LogP contribution in [0.1, 0.15) is 24.8 Å². The summed E-state index contributed by atoms with van der Waals surface area (Å²) in [6, 6.07) is 5.79. The van der Waals surface area contributed by atoms with E-state index in [1.807, 2.05) is 24.0 Å². The van der Waals surface area contributed by atoms with Gasteiger partial charge in [0, 0.05) is 29.8 Å². The highest BCUT2D eigenvalue weighted by Gasteiger charge is 2.40. The Morgan fingerprint density at radius 1 is 1.38 bits per heavy atom. The first-order valence-corrected chi connectivity index (χ1v) is 8.00. The summed E-state index contributed by atoms with van der Waals surface area (Å²) in [4.78, 5) is 14.3. The number of rotatable bonds is 1. The molecule has 0 spiro atoms. The maximum Gasteiger partial charge on any atom is 0.321 e. The number of urea groups is 1. The lowest BCUT2D eigenvalue weighted by Crippen LogP contribution is -2.39. The summed E-state index contributed by atoms with van der Waals surface area (Å²) < 4.78 is 0. The van der Waals surface area contributed by atoms with Crippen molar-refractivity contribution >= 4 is 23.3 Å². The molecule has 1 aromatic carbocycles. The van der Waals surface area contributed by atoms with E-state index < -0.39 is 0 Å². The first kappa shape index (κ1) is 14.7. The Kier molecular flexibility index (Phi) is 4.09. The number of likely N-dealkylation sites (tertiary alicyclic amines) is 1. The molecule has 2 aliphatic rings. The molecule has 0 bridgehead atoms. The fourth-order valence-corrected chi connectivity index (χ4v) is 3.74. The van der Waals surface area contributed by atoms with E-state index in [2.05, 4.69) is 5.32 Å². The molecule has 2 amide bonds. The number of benzene rings is 1. The molecule has 3 atom stereocenters. The maximum absolute atomic E-state index is 12.4. The quantitative estimate of drug-likeness (QED) is 0.837. The molecule has 5 heteroatoms. The predicted octanol–water partition coefficient (Wildman–Crippen LogP) is 3.24. The highest BCUT2D eigenvalue weighted by molar-refractivity contribution is 6.31. The number of anilines is 1. The minimum Gasteiger partial charge on any atom is -0.327 e. The second-order valence-electron chi connectivity index (χ2n) is 6.32. The van der Waals surface area contributed by atoms with Crippen LogP contribution in [0.5, 0.6) is 0 Å². The zero-order valence-electron chi connectivity index (χ0n) is 12.3. The number of aryl methyl sites for hydroxylation is 1. The number of nitrogens with two attached hydrogens (primary N) is 1. The van der Waals surface area contributed by atoms with Gasteiger partial charge in [-0.3, -0.25) is 0 Å². The van der Waals surface area contributed by atoms with Gasteiger partial charge in [0.2, 0.25) is 0 Å². The third kappa shape index (κ3) is 3.01. The van der Waals surface area contributed by atoms with E-state index in [1.165, 1.54) is 12.8 Å². The zero-order valence-corrected chi connectivity index (χ0v) is 13.1. The van der Waals surface area contributed by atoms with Gasteiger partial charge in [0.25, 0.3) is 0 Å². The van der Waals surface area contributed by atoms with Crippen molar-refractivity contribution in [2.45, 2.75) is 32.2 Å². The Bertz CT molecular complexity index is 548. The van der Waals surface area contributed by atoms with E-state index in [9.17, 15) is 4.79 Å². The number of carbonyl (C=O) groups excluding carboxylic acids is 1. The number of carbonyl (C=O) groups is 1. The van der Waals surface area contributed by atoms with Crippen LogP contribution in [0.2, 0.25) is 5.02 Å². The van der Waals surface area contributed by atoms with Crippen LogP contribution in [0.25, 0.3) is 0 Å². The van der Waals surface area contributed by atoms with Gasteiger partial charge in [-0.15, -0.1) is 0 Å². The van der Waals surface area contributed by atoms with Gasteiger partial charge in [-0.05, 0) is 49.3 Å².